The zero-order valence-corrected chi connectivity index (χ0v) is 20.0. The van der Waals surface area contributed by atoms with Crippen molar-refractivity contribution in [2.45, 2.75) is 38.8 Å². The number of halogens is 1. The zero-order chi connectivity index (χ0) is 23.2. The van der Waals surface area contributed by atoms with E-state index in [9.17, 15) is 4.79 Å². The predicted molar refractivity (Wildman–Crippen MR) is 131 cm³/mol. The van der Waals surface area contributed by atoms with Gasteiger partial charge in [0.15, 0.2) is 0 Å². The summed E-state index contributed by atoms with van der Waals surface area (Å²) in [6.45, 7) is 4.83. The number of nitrogens with one attached hydrogen (secondary N) is 1. The minimum atomic E-state index is -0.200. The lowest BCUT2D eigenvalue weighted by atomic mass is 10.0. The molecule has 1 amide bonds. The Balaban J connectivity index is 1.53. The number of likely N-dealkylation sites (tertiary alicyclic amines) is 1. The van der Waals surface area contributed by atoms with Crippen molar-refractivity contribution >= 4 is 17.5 Å². The normalized spacial score (nSPS) is 15.2. The van der Waals surface area contributed by atoms with Crippen LogP contribution in [0.2, 0.25) is 5.15 Å². The van der Waals surface area contributed by atoms with Crippen LogP contribution in [0.4, 0.5) is 0 Å². The number of amides is 1. The van der Waals surface area contributed by atoms with Gasteiger partial charge in [0.05, 0.1) is 31.0 Å². The van der Waals surface area contributed by atoms with E-state index in [1.165, 1.54) is 6.42 Å². The first-order valence-corrected chi connectivity index (χ1v) is 11.9. The Morgan fingerprint density at radius 1 is 1.09 bits per heavy atom. The molecule has 1 saturated heterocycles. The summed E-state index contributed by atoms with van der Waals surface area (Å²) in [6.07, 6.45) is 3.57. The third-order valence-electron chi connectivity index (χ3n) is 6.25. The average Bonchev–Trinajstić information content (AvgIpc) is 3.13. The molecule has 7 heteroatoms. The molecule has 1 aromatic heterocycles. The molecule has 33 heavy (non-hydrogen) atoms. The fourth-order valence-corrected chi connectivity index (χ4v) is 4.88. The molecule has 2 aromatic carbocycles. The highest BCUT2D eigenvalue weighted by Gasteiger charge is 2.27. The van der Waals surface area contributed by atoms with Crippen LogP contribution in [0.1, 0.15) is 52.5 Å². The smallest absolute Gasteiger partial charge is 0.256 e. The van der Waals surface area contributed by atoms with E-state index >= 15 is 0 Å². The molecule has 6 nitrogen and oxygen atoms in total. The van der Waals surface area contributed by atoms with Crippen LogP contribution in [0.5, 0.6) is 5.75 Å². The zero-order valence-electron chi connectivity index (χ0n) is 19.3. The van der Waals surface area contributed by atoms with E-state index in [0.29, 0.717) is 29.5 Å². The Hall–Kier alpha value is -2.83. The minimum Gasteiger partial charge on any atom is -0.496 e. The molecular formula is C26H31ClN4O2. The van der Waals surface area contributed by atoms with Gasteiger partial charge in [0, 0.05) is 12.1 Å². The van der Waals surface area contributed by atoms with Crippen molar-refractivity contribution in [3.8, 4) is 5.75 Å². The number of methoxy groups -OCH3 is 1. The molecular weight excluding hydrogens is 436 g/mol. The molecule has 3 aromatic rings. The number of carbonyl (C=O) groups excluding carboxylic acids is 1. The predicted octanol–water partition coefficient (Wildman–Crippen LogP) is 4.86. The van der Waals surface area contributed by atoms with Gasteiger partial charge in [-0.15, -0.1) is 0 Å². The highest BCUT2D eigenvalue weighted by atomic mass is 35.5. The standard InChI is InChI=1S/C26H31ClN4O2/c1-19-24(25(27)31(29-19)18-20-11-5-3-6-12-20)26(32)28-17-22(30-15-9-4-10-16-30)21-13-7-8-14-23(21)33-2/h3,5-8,11-14,22H,4,9-10,15-18H2,1-2H3,(H,28,32). The van der Waals surface area contributed by atoms with Gasteiger partial charge in [0.2, 0.25) is 0 Å². The average molecular weight is 467 g/mol. The monoisotopic (exact) mass is 466 g/mol. The molecule has 0 radical (unpaired) electrons. The second-order valence-corrected chi connectivity index (χ2v) is 8.82. The van der Waals surface area contributed by atoms with Gasteiger partial charge in [-0.1, -0.05) is 66.6 Å². The number of nitrogens with zero attached hydrogens (tertiary/aromatic N) is 3. The van der Waals surface area contributed by atoms with Gasteiger partial charge < -0.3 is 10.1 Å². The van der Waals surface area contributed by atoms with Crippen molar-refractivity contribution in [1.29, 1.82) is 0 Å². The van der Waals surface area contributed by atoms with Crippen molar-refractivity contribution in [3.05, 3.63) is 82.1 Å². The van der Waals surface area contributed by atoms with Gasteiger partial charge in [-0.25, -0.2) is 4.68 Å². The topological polar surface area (TPSA) is 59.4 Å². The number of carbonyl (C=O) groups is 1. The second kappa shape index (κ2) is 10.9. The highest BCUT2D eigenvalue weighted by molar-refractivity contribution is 6.33. The van der Waals surface area contributed by atoms with Gasteiger partial charge in [-0.2, -0.15) is 5.10 Å². The number of para-hydroxylation sites is 1. The van der Waals surface area contributed by atoms with Crippen LogP contribution in [0.15, 0.2) is 54.6 Å². The van der Waals surface area contributed by atoms with Crippen LogP contribution < -0.4 is 10.1 Å². The number of aryl methyl sites for hydroxylation is 1. The Morgan fingerprint density at radius 2 is 1.79 bits per heavy atom. The van der Waals surface area contributed by atoms with E-state index in [1.807, 2.05) is 55.5 Å². The maximum atomic E-state index is 13.2. The van der Waals surface area contributed by atoms with Crippen molar-refractivity contribution < 1.29 is 9.53 Å². The summed E-state index contributed by atoms with van der Waals surface area (Å²) >= 11 is 6.61. The molecule has 1 N–H and O–H groups in total. The van der Waals surface area contributed by atoms with E-state index in [4.69, 9.17) is 16.3 Å². The number of ether oxygens (including phenoxy) is 1. The third kappa shape index (κ3) is 5.40. The molecule has 0 saturated carbocycles. The molecule has 1 atom stereocenters. The quantitative estimate of drug-likeness (QED) is 0.515. The fourth-order valence-electron chi connectivity index (χ4n) is 4.56. The Kier molecular flexibility index (Phi) is 7.68. The van der Waals surface area contributed by atoms with E-state index in [1.54, 1.807) is 11.8 Å². The SMILES string of the molecule is COc1ccccc1C(CNC(=O)c1c(C)nn(Cc2ccccc2)c1Cl)N1CCCCC1. The summed E-state index contributed by atoms with van der Waals surface area (Å²) in [5, 5.41) is 8.02. The van der Waals surface area contributed by atoms with E-state index in [2.05, 4.69) is 21.4 Å². The second-order valence-electron chi connectivity index (χ2n) is 8.46. The number of hydrogen-bond acceptors (Lipinski definition) is 4. The first kappa shape index (κ1) is 23.3. The molecule has 1 aliphatic heterocycles. The van der Waals surface area contributed by atoms with Gasteiger partial charge >= 0.3 is 0 Å². The molecule has 0 spiro atoms. The Morgan fingerprint density at radius 3 is 2.52 bits per heavy atom. The van der Waals surface area contributed by atoms with Crippen molar-refractivity contribution in [1.82, 2.24) is 20.0 Å². The maximum Gasteiger partial charge on any atom is 0.256 e. The molecule has 1 unspecified atom stereocenters. The summed E-state index contributed by atoms with van der Waals surface area (Å²) in [5.41, 5.74) is 3.23. The molecule has 0 bridgehead atoms. The fraction of sp³-hybridized carbons (Fsp3) is 0.385. The van der Waals surface area contributed by atoms with Crippen LogP contribution in [0.25, 0.3) is 0 Å². The molecule has 174 valence electrons. The first-order chi connectivity index (χ1) is 16.1. The van der Waals surface area contributed by atoms with E-state index in [-0.39, 0.29) is 11.9 Å². The van der Waals surface area contributed by atoms with Crippen LogP contribution >= 0.6 is 11.6 Å². The summed E-state index contributed by atoms with van der Waals surface area (Å²) in [6, 6.07) is 18.0. The van der Waals surface area contributed by atoms with Gasteiger partial charge in [-0.3, -0.25) is 9.69 Å². The van der Waals surface area contributed by atoms with E-state index in [0.717, 1.165) is 42.8 Å². The van der Waals surface area contributed by atoms with Crippen LogP contribution in [-0.4, -0.2) is 47.3 Å². The molecule has 2 heterocycles. The summed E-state index contributed by atoms with van der Waals surface area (Å²) in [4.78, 5) is 15.7. The highest BCUT2D eigenvalue weighted by Crippen LogP contribution is 2.31. The Bertz CT molecular complexity index is 1080. The molecule has 4 rings (SSSR count). The summed E-state index contributed by atoms with van der Waals surface area (Å²) in [7, 11) is 1.69. The Labute approximate surface area is 200 Å². The molecule has 1 aliphatic rings. The molecule has 1 fully saturated rings. The van der Waals surface area contributed by atoms with Crippen LogP contribution in [0, 0.1) is 6.92 Å². The lowest BCUT2D eigenvalue weighted by Crippen LogP contribution is -2.41. The van der Waals surface area contributed by atoms with Crippen LogP contribution in [-0.2, 0) is 6.54 Å². The summed E-state index contributed by atoms with van der Waals surface area (Å²) < 4.78 is 7.32. The van der Waals surface area contributed by atoms with Gasteiger partial charge in [0.25, 0.3) is 5.91 Å². The minimum absolute atomic E-state index is 0.0313. The largest absolute Gasteiger partial charge is 0.496 e. The van der Waals surface area contributed by atoms with Gasteiger partial charge in [0.1, 0.15) is 10.9 Å². The number of hydrogen-bond donors (Lipinski definition) is 1. The maximum absolute atomic E-state index is 13.2. The summed E-state index contributed by atoms with van der Waals surface area (Å²) in [5.74, 6) is 0.640. The van der Waals surface area contributed by atoms with Crippen LogP contribution in [0.3, 0.4) is 0 Å². The van der Waals surface area contributed by atoms with Gasteiger partial charge in [-0.05, 0) is 44.5 Å². The van der Waals surface area contributed by atoms with Crippen molar-refractivity contribution in [2.75, 3.05) is 26.7 Å². The number of rotatable bonds is 8. The molecule has 0 aliphatic carbocycles. The number of benzene rings is 2. The number of piperidine rings is 1. The van der Waals surface area contributed by atoms with Crippen molar-refractivity contribution in [3.63, 3.8) is 0 Å². The number of aromatic nitrogens is 2. The van der Waals surface area contributed by atoms with E-state index < -0.39 is 0 Å². The third-order valence-corrected chi connectivity index (χ3v) is 6.64. The first-order valence-electron chi connectivity index (χ1n) is 11.5. The lowest BCUT2D eigenvalue weighted by Gasteiger charge is -2.35. The lowest BCUT2D eigenvalue weighted by molar-refractivity contribution is 0.0922. The van der Waals surface area contributed by atoms with Crippen molar-refractivity contribution in [2.24, 2.45) is 0 Å².